The van der Waals surface area contributed by atoms with Crippen LogP contribution in [-0.4, -0.2) is 4.57 Å². The van der Waals surface area contributed by atoms with Gasteiger partial charge in [0.15, 0.2) is 0 Å². The maximum absolute atomic E-state index is 11.9. The highest BCUT2D eigenvalue weighted by Crippen LogP contribution is 2.26. The molecule has 0 aliphatic heterocycles. The molecule has 0 aliphatic carbocycles. The van der Waals surface area contributed by atoms with E-state index in [0.29, 0.717) is 11.6 Å². The third kappa shape index (κ3) is 2.06. The van der Waals surface area contributed by atoms with Crippen molar-refractivity contribution < 1.29 is 0 Å². The van der Waals surface area contributed by atoms with E-state index in [9.17, 15) is 4.79 Å². The summed E-state index contributed by atoms with van der Waals surface area (Å²) in [5, 5.41) is 0.624. The van der Waals surface area contributed by atoms with Crippen molar-refractivity contribution in [3.8, 4) is 11.3 Å². The molecule has 1 aromatic heterocycles. The Labute approximate surface area is 104 Å². The van der Waals surface area contributed by atoms with Gasteiger partial charge in [0.2, 0.25) is 0 Å². The smallest absolute Gasteiger partial charge is 0.274 e. The Kier molecular flexibility index (Phi) is 3.20. The van der Waals surface area contributed by atoms with Gasteiger partial charge >= 0.3 is 0 Å². The Hall–Kier alpha value is -1.74. The van der Waals surface area contributed by atoms with Gasteiger partial charge in [-0.15, -0.1) is 0 Å². The number of hydrogen-bond acceptors (Lipinski definition) is 2. The first-order valence-corrected chi connectivity index (χ1v) is 5.77. The van der Waals surface area contributed by atoms with E-state index in [4.69, 9.17) is 17.3 Å². The maximum atomic E-state index is 11.9. The Bertz CT molecular complexity index is 605. The van der Waals surface area contributed by atoms with Crippen LogP contribution in [0.3, 0.4) is 0 Å². The zero-order valence-electron chi connectivity index (χ0n) is 9.48. The van der Waals surface area contributed by atoms with E-state index in [1.807, 2.05) is 31.2 Å². The SMILES string of the molecule is CCn1c(-c2ccccc2Cl)ccc(N)c1=O. The highest BCUT2D eigenvalue weighted by molar-refractivity contribution is 6.33. The average molecular weight is 249 g/mol. The summed E-state index contributed by atoms with van der Waals surface area (Å²) in [5.41, 5.74) is 7.32. The summed E-state index contributed by atoms with van der Waals surface area (Å²) in [6.45, 7) is 2.46. The molecule has 1 heterocycles. The second-order valence-corrected chi connectivity index (χ2v) is 4.11. The summed E-state index contributed by atoms with van der Waals surface area (Å²) in [6.07, 6.45) is 0. The minimum atomic E-state index is -0.176. The fraction of sp³-hybridized carbons (Fsp3) is 0.154. The van der Waals surface area contributed by atoms with Crippen LogP contribution >= 0.6 is 11.6 Å². The summed E-state index contributed by atoms with van der Waals surface area (Å²) < 4.78 is 1.62. The minimum absolute atomic E-state index is 0.176. The quantitative estimate of drug-likeness (QED) is 0.888. The van der Waals surface area contributed by atoms with Gasteiger partial charge in [0.1, 0.15) is 0 Å². The van der Waals surface area contributed by atoms with E-state index >= 15 is 0 Å². The van der Waals surface area contributed by atoms with Gasteiger partial charge in [-0.25, -0.2) is 0 Å². The minimum Gasteiger partial charge on any atom is -0.394 e. The molecule has 2 rings (SSSR count). The lowest BCUT2D eigenvalue weighted by molar-refractivity contribution is 0.738. The first kappa shape index (κ1) is 11.7. The lowest BCUT2D eigenvalue weighted by Crippen LogP contribution is -2.23. The molecule has 0 spiro atoms. The normalized spacial score (nSPS) is 10.5. The second-order valence-electron chi connectivity index (χ2n) is 3.70. The molecular weight excluding hydrogens is 236 g/mol. The molecule has 1 aromatic carbocycles. The first-order valence-electron chi connectivity index (χ1n) is 5.39. The van der Waals surface area contributed by atoms with E-state index in [1.165, 1.54) is 0 Å². The van der Waals surface area contributed by atoms with Gasteiger partial charge in [0.25, 0.3) is 5.56 Å². The number of hydrogen-bond donors (Lipinski definition) is 1. The van der Waals surface area contributed by atoms with Gasteiger partial charge in [-0.1, -0.05) is 29.8 Å². The molecule has 0 amide bonds. The van der Waals surface area contributed by atoms with Gasteiger partial charge in [-0.3, -0.25) is 4.79 Å². The van der Waals surface area contributed by atoms with Crippen LogP contribution in [0.5, 0.6) is 0 Å². The van der Waals surface area contributed by atoms with Crippen LogP contribution in [0.4, 0.5) is 5.69 Å². The standard InChI is InChI=1S/C13H13ClN2O/c1-2-16-12(8-7-11(15)13(16)17)9-5-3-4-6-10(9)14/h3-8H,2,15H2,1H3. The molecule has 0 unspecified atom stereocenters. The van der Waals surface area contributed by atoms with Crippen molar-refractivity contribution in [1.82, 2.24) is 4.57 Å². The van der Waals surface area contributed by atoms with Crippen LogP contribution in [0.25, 0.3) is 11.3 Å². The molecule has 88 valence electrons. The first-order chi connectivity index (χ1) is 8.15. The number of nitrogens with two attached hydrogens (primary N) is 1. The van der Waals surface area contributed by atoms with E-state index in [-0.39, 0.29) is 11.2 Å². The number of nitrogen functional groups attached to an aromatic ring is 1. The molecule has 2 N–H and O–H groups in total. The lowest BCUT2D eigenvalue weighted by Gasteiger charge is -2.12. The van der Waals surface area contributed by atoms with Crippen molar-refractivity contribution in [2.24, 2.45) is 0 Å². The van der Waals surface area contributed by atoms with E-state index in [2.05, 4.69) is 0 Å². The number of rotatable bonds is 2. The highest BCUT2D eigenvalue weighted by atomic mass is 35.5. The molecule has 0 saturated carbocycles. The largest absolute Gasteiger partial charge is 0.394 e. The van der Waals surface area contributed by atoms with Crippen LogP contribution in [0.15, 0.2) is 41.2 Å². The number of pyridine rings is 1. The molecular formula is C13H13ClN2O. The van der Waals surface area contributed by atoms with Gasteiger partial charge in [-0.05, 0) is 25.1 Å². The van der Waals surface area contributed by atoms with Crippen LogP contribution < -0.4 is 11.3 Å². The molecule has 3 nitrogen and oxygen atoms in total. The molecule has 0 radical (unpaired) electrons. The fourth-order valence-electron chi connectivity index (χ4n) is 1.81. The van der Waals surface area contributed by atoms with Gasteiger partial charge in [0, 0.05) is 17.1 Å². The second kappa shape index (κ2) is 4.63. The Morgan fingerprint density at radius 1 is 1.24 bits per heavy atom. The Morgan fingerprint density at radius 2 is 1.94 bits per heavy atom. The monoisotopic (exact) mass is 248 g/mol. The summed E-state index contributed by atoms with van der Waals surface area (Å²) in [5.74, 6) is 0. The molecule has 0 atom stereocenters. The van der Waals surface area contributed by atoms with Crippen LogP contribution in [-0.2, 0) is 6.54 Å². The molecule has 0 saturated heterocycles. The van der Waals surface area contributed by atoms with Crippen LogP contribution in [0.2, 0.25) is 5.02 Å². The van der Waals surface area contributed by atoms with E-state index in [0.717, 1.165) is 11.3 Å². The average Bonchev–Trinajstić information content (AvgIpc) is 2.33. The topological polar surface area (TPSA) is 48.0 Å². The molecule has 4 heteroatoms. The number of benzene rings is 1. The van der Waals surface area contributed by atoms with Crippen LogP contribution in [0.1, 0.15) is 6.92 Å². The lowest BCUT2D eigenvalue weighted by atomic mass is 10.1. The molecule has 0 bridgehead atoms. The predicted molar refractivity (Wildman–Crippen MR) is 71.2 cm³/mol. The van der Waals surface area contributed by atoms with Crippen molar-refractivity contribution in [3.63, 3.8) is 0 Å². The van der Waals surface area contributed by atoms with Crippen molar-refractivity contribution in [3.05, 3.63) is 51.8 Å². The molecule has 17 heavy (non-hydrogen) atoms. The van der Waals surface area contributed by atoms with E-state index in [1.54, 1.807) is 16.7 Å². The van der Waals surface area contributed by atoms with Crippen molar-refractivity contribution in [2.45, 2.75) is 13.5 Å². The molecule has 0 aliphatic rings. The number of aromatic nitrogens is 1. The highest BCUT2D eigenvalue weighted by Gasteiger charge is 2.09. The van der Waals surface area contributed by atoms with Gasteiger partial charge < -0.3 is 10.3 Å². The summed E-state index contributed by atoms with van der Waals surface area (Å²) in [4.78, 5) is 11.9. The number of halogens is 1. The zero-order valence-corrected chi connectivity index (χ0v) is 10.2. The summed E-state index contributed by atoms with van der Waals surface area (Å²) >= 11 is 6.13. The van der Waals surface area contributed by atoms with E-state index < -0.39 is 0 Å². The summed E-state index contributed by atoms with van der Waals surface area (Å²) in [6, 6.07) is 10.9. The Balaban J connectivity index is 2.73. The van der Waals surface area contributed by atoms with Gasteiger partial charge in [-0.2, -0.15) is 0 Å². The van der Waals surface area contributed by atoms with Crippen molar-refractivity contribution in [2.75, 3.05) is 5.73 Å². The van der Waals surface area contributed by atoms with Crippen molar-refractivity contribution in [1.29, 1.82) is 0 Å². The van der Waals surface area contributed by atoms with Crippen molar-refractivity contribution >= 4 is 17.3 Å². The van der Waals surface area contributed by atoms with Gasteiger partial charge in [0.05, 0.1) is 11.4 Å². The maximum Gasteiger partial charge on any atom is 0.274 e. The van der Waals surface area contributed by atoms with Crippen LogP contribution in [0, 0.1) is 0 Å². The predicted octanol–water partition coefficient (Wildman–Crippen LogP) is 2.77. The summed E-state index contributed by atoms with van der Waals surface area (Å²) in [7, 11) is 0. The fourth-order valence-corrected chi connectivity index (χ4v) is 2.05. The number of nitrogens with zero attached hydrogens (tertiary/aromatic N) is 1. The number of anilines is 1. The molecule has 2 aromatic rings. The molecule has 0 fully saturated rings. The Morgan fingerprint density at radius 3 is 2.59 bits per heavy atom. The third-order valence-electron chi connectivity index (χ3n) is 2.67. The zero-order chi connectivity index (χ0) is 12.4. The third-order valence-corrected chi connectivity index (χ3v) is 3.00.